The van der Waals surface area contributed by atoms with E-state index in [-0.39, 0.29) is 0 Å². The molecule has 0 spiro atoms. The zero-order valence-corrected chi connectivity index (χ0v) is 9.15. The van der Waals surface area contributed by atoms with E-state index in [1.165, 1.54) is 12.8 Å². The molecular formula is C13H15NO2. The molecule has 16 heavy (non-hydrogen) atoms. The molecule has 0 bridgehead atoms. The number of nitrogens with zero attached hydrogens (tertiary/aromatic N) is 1. The predicted octanol–water partition coefficient (Wildman–Crippen LogP) is 2.73. The molecule has 84 valence electrons. The monoisotopic (exact) mass is 217 g/mol. The Morgan fingerprint density at radius 1 is 1.25 bits per heavy atom. The SMILES string of the molecule is Oc1cccc2oc(CN3CCCC3)cc12. The highest BCUT2D eigenvalue weighted by Crippen LogP contribution is 2.28. The zero-order valence-electron chi connectivity index (χ0n) is 9.15. The highest BCUT2D eigenvalue weighted by atomic mass is 16.3. The molecule has 2 aromatic rings. The van der Waals surface area contributed by atoms with Gasteiger partial charge in [-0.05, 0) is 44.1 Å². The lowest BCUT2D eigenvalue weighted by Crippen LogP contribution is -2.17. The van der Waals surface area contributed by atoms with Gasteiger partial charge in [0.15, 0.2) is 0 Å². The molecular weight excluding hydrogens is 202 g/mol. The van der Waals surface area contributed by atoms with Gasteiger partial charge in [-0.15, -0.1) is 0 Å². The zero-order chi connectivity index (χ0) is 11.0. The molecule has 1 aromatic heterocycles. The summed E-state index contributed by atoms with van der Waals surface area (Å²) in [5.41, 5.74) is 0.772. The lowest BCUT2D eigenvalue weighted by molar-refractivity contribution is 0.302. The normalized spacial score (nSPS) is 17.2. The van der Waals surface area contributed by atoms with Crippen LogP contribution in [0.3, 0.4) is 0 Å². The minimum atomic E-state index is 0.300. The second-order valence-electron chi connectivity index (χ2n) is 4.38. The van der Waals surface area contributed by atoms with Crippen LogP contribution >= 0.6 is 0 Å². The van der Waals surface area contributed by atoms with E-state index >= 15 is 0 Å². The summed E-state index contributed by atoms with van der Waals surface area (Å²) in [6.07, 6.45) is 2.57. The molecule has 3 heteroatoms. The second kappa shape index (κ2) is 3.83. The van der Waals surface area contributed by atoms with Crippen LogP contribution in [0.1, 0.15) is 18.6 Å². The molecule has 0 radical (unpaired) electrons. The van der Waals surface area contributed by atoms with Crippen molar-refractivity contribution in [2.75, 3.05) is 13.1 Å². The van der Waals surface area contributed by atoms with E-state index < -0.39 is 0 Å². The molecule has 2 heterocycles. The van der Waals surface area contributed by atoms with Crippen molar-refractivity contribution in [1.29, 1.82) is 0 Å². The fraction of sp³-hybridized carbons (Fsp3) is 0.385. The summed E-state index contributed by atoms with van der Waals surface area (Å²) in [5, 5.41) is 10.5. The fourth-order valence-corrected chi connectivity index (χ4v) is 2.34. The molecule has 0 unspecified atom stereocenters. The first kappa shape index (κ1) is 9.73. The number of phenolic OH excluding ortho intramolecular Hbond substituents is 1. The summed E-state index contributed by atoms with van der Waals surface area (Å²) in [5.74, 6) is 1.24. The third kappa shape index (κ3) is 1.67. The molecule has 1 aliphatic heterocycles. The third-order valence-corrected chi connectivity index (χ3v) is 3.17. The molecule has 1 N–H and O–H groups in total. The Kier molecular flexibility index (Phi) is 2.33. The van der Waals surface area contributed by atoms with Gasteiger partial charge in [0.2, 0.25) is 0 Å². The molecule has 3 nitrogen and oxygen atoms in total. The molecule has 3 rings (SSSR count). The van der Waals surface area contributed by atoms with Crippen LogP contribution < -0.4 is 0 Å². The van der Waals surface area contributed by atoms with Gasteiger partial charge in [0.25, 0.3) is 0 Å². The molecule has 1 fully saturated rings. The van der Waals surface area contributed by atoms with Gasteiger partial charge in [0.05, 0.1) is 11.9 Å². The molecule has 0 saturated carbocycles. The van der Waals surface area contributed by atoms with E-state index in [1.807, 2.05) is 12.1 Å². The van der Waals surface area contributed by atoms with Crippen molar-refractivity contribution in [3.63, 3.8) is 0 Å². The van der Waals surface area contributed by atoms with E-state index in [9.17, 15) is 5.11 Å². The van der Waals surface area contributed by atoms with Crippen molar-refractivity contribution in [2.45, 2.75) is 19.4 Å². The van der Waals surface area contributed by atoms with Gasteiger partial charge < -0.3 is 9.52 Å². The van der Waals surface area contributed by atoms with Crippen LogP contribution in [-0.2, 0) is 6.54 Å². The Morgan fingerprint density at radius 3 is 2.81 bits per heavy atom. The van der Waals surface area contributed by atoms with Gasteiger partial charge >= 0.3 is 0 Å². The van der Waals surface area contributed by atoms with Gasteiger partial charge in [-0.2, -0.15) is 0 Å². The number of benzene rings is 1. The highest BCUT2D eigenvalue weighted by Gasteiger charge is 2.14. The van der Waals surface area contributed by atoms with Crippen LogP contribution in [0.25, 0.3) is 11.0 Å². The van der Waals surface area contributed by atoms with Crippen molar-refractivity contribution in [2.24, 2.45) is 0 Å². The molecule has 1 aromatic carbocycles. The Morgan fingerprint density at radius 2 is 2.06 bits per heavy atom. The predicted molar refractivity (Wildman–Crippen MR) is 62.4 cm³/mol. The molecule has 0 amide bonds. The summed E-state index contributed by atoms with van der Waals surface area (Å²) in [4.78, 5) is 2.38. The number of furan rings is 1. The maximum atomic E-state index is 9.67. The standard InChI is InChI=1S/C13H15NO2/c15-12-4-3-5-13-11(12)8-10(16-13)9-14-6-1-2-7-14/h3-5,8,15H,1-2,6-7,9H2. The average Bonchev–Trinajstić information content (AvgIpc) is 2.88. The summed E-state index contributed by atoms with van der Waals surface area (Å²) >= 11 is 0. The van der Waals surface area contributed by atoms with Crippen LogP contribution in [0.4, 0.5) is 0 Å². The Balaban J connectivity index is 1.90. The van der Waals surface area contributed by atoms with Crippen LogP contribution in [0.5, 0.6) is 5.75 Å². The van der Waals surface area contributed by atoms with Crippen LogP contribution in [0.2, 0.25) is 0 Å². The maximum absolute atomic E-state index is 9.67. The van der Waals surface area contributed by atoms with Crippen molar-refractivity contribution >= 4 is 11.0 Å². The smallest absolute Gasteiger partial charge is 0.138 e. The van der Waals surface area contributed by atoms with E-state index in [2.05, 4.69) is 4.90 Å². The number of likely N-dealkylation sites (tertiary alicyclic amines) is 1. The number of fused-ring (bicyclic) bond motifs is 1. The summed E-state index contributed by atoms with van der Waals surface area (Å²) < 4.78 is 5.71. The minimum Gasteiger partial charge on any atom is -0.507 e. The highest BCUT2D eigenvalue weighted by molar-refractivity contribution is 5.84. The minimum absolute atomic E-state index is 0.300. The van der Waals surface area contributed by atoms with Crippen LogP contribution in [0.15, 0.2) is 28.7 Å². The molecule has 1 aliphatic rings. The quantitative estimate of drug-likeness (QED) is 0.840. The van der Waals surface area contributed by atoms with Gasteiger partial charge in [-0.1, -0.05) is 6.07 Å². The number of hydrogen-bond donors (Lipinski definition) is 1. The molecule has 0 atom stereocenters. The van der Waals surface area contributed by atoms with Gasteiger partial charge in [-0.25, -0.2) is 0 Å². The van der Waals surface area contributed by atoms with Crippen molar-refractivity contribution < 1.29 is 9.52 Å². The topological polar surface area (TPSA) is 36.6 Å². The number of aromatic hydroxyl groups is 1. The Labute approximate surface area is 94.3 Å². The van der Waals surface area contributed by atoms with Crippen LogP contribution in [-0.4, -0.2) is 23.1 Å². The first-order valence-corrected chi connectivity index (χ1v) is 5.76. The maximum Gasteiger partial charge on any atom is 0.138 e. The van der Waals surface area contributed by atoms with Crippen molar-refractivity contribution in [3.05, 3.63) is 30.0 Å². The van der Waals surface area contributed by atoms with Crippen molar-refractivity contribution in [3.8, 4) is 5.75 Å². The number of hydrogen-bond acceptors (Lipinski definition) is 3. The van der Waals surface area contributed by atoms with E-state index in [4.69, 9.17) is 4.42 Å². The lowest BCUT2D eigenvalue weighted by atomic mass is 10.2. The Bertz CT molecular complexity index is 498. The van der Waals surface area contributed by atoms with Crippen molar-refractivity contribution in [1.82, 2.24) is 4.90 Å². The third-order valence-electron chi connectivity index (χ3n) is 3.17. The Hall–Kier alpha value is -1.48. The largest absolute Gasteiger partial charge is 0.507 e. The molecule has 1 saturated heterocycles. The summed E-state index contributed by atoms with van der Waals surface area (Å²) in [7, 11) is 0. The summed E-state index contributed by atoms with van der Waals surface area (Å²) in [6.45, 7) is 3.17. The second-order valence-corrected chi connectivity index (χ2v) is 4.38. The van der Waals surface area contributed by atoms with E-state index in [1.54, 1.807) is 12.1 Å². The first-order chi connectivity index (χ1) is 7.83. The average molecular weight is 217 g/mol. The van der Waals surface area contributed by atoms with Gasteiger partial charge in [0, 0.05) is 0 Å². The molecule has 0 aliphatic carbocycles. The van der Waals surface area contributed by atoms with Crippen LogP contribution in [0, 0.1) is 0 Å². The number of rotatable bonds is 2. The number of phenols is 1. The van der Waals surface area contributed by atoms with Gasteiger partial charge in [0.1, 0.15) is 17.1 Å². The van der Waals surface area contributed by atoms with Gasteiger partial charge in [-0.3, -0.25) is 4.90 Å². The summed E-state index contributed by atoms with van der Waals surface area (Å²) in [6, 6.07) is 7.34. The lowest BCUT2D eigenvalue weighted by Gasteiger charge is -2.11. The fourth-order valence-electron chi connectivity index (χ4n) is 2.34. The first-order valence-electron chi connectivity index (χ1n) is 5.76. The van der Waals surface area contributed by atoms with E-state index in [0.29, 0.717) is 5.75 Å². The van der Waals surface area contributed by atoms with E-state index in [0.717, 1.165) is 36.4 Å².